The molecule has 2 aliphatic carbocycles. The predicted molar refractivity (Wildman–Crippen MR) is 83.2 cm³/mol. The molecule has 22 heavy (non-hydrogen) atoms. The molecule has 2 saturated carbocycles. The van der Waals surface area contributed by atoms with E-state index in [1.807, 2.05) is 6.07 Å². The third-order valence-electron chi connectivity index (χ3n) is 4.54. The van der Waals surface area contributed by atoms with Crippen molar-refractivity contribution in [2.45, 2.75) is 18.8 Å². The molecule has 0 saturated heterocycles. The van der Waals surface area contributed by atoms with Crippen LogP contribution in [0.5, 0.6) is 0 Å². The van der Waals surface area contributed by atoms with Gasteiger partial charge in [0.2, 0.25) is 5.91 Å². The highest BCUT2D eigenvalue weighted by molar-refractivity contribution is 9.10. The molecular formula is C15H10BrClF2N2O. The molecule has 2 fully saturated rings. The van der Waals surface area contributed by atoms with Crippen molar-refractivity contribution in [2.24, 2.45) is 11.3 Å². The number of pyridine rings is 1. The number of nitrogens with zero attached hydrogens (tertiary/aromatic N) is 1. The number of hydrogen-bond donors (Lipinski definition) is 1. The number of carbonyl (C=O) groups is 1. The van der Waals surface area contributed by atoms with E-state index in [-0.39, 0.29) is 18.7 Å². The summed E-state index contributed by atoms with van der Waals surface area (Å²) in [6.07, 6.45) is 1.69. The first kappa shape index (κ1) is 14.3. The molecule has 4 rings (SSSR count). The highest BCUT2D eigenvalue weighted by Crippen LogP contribution is 2.79. The number of benzene rings is 1. The van der Waals surface area contributed by atoms with Crippen LogP contribution in [-0.2, 0) is 4.79 Å². The number of hydrogen-bond acceptors (Lipinski definition) is 2. The van der Waals surface area contributed by atoms with Crippen LogP contribution in [-0.4, -0.2) is 16.8 Å². The van der Waals surface area contributed by atoms with Crippen LogP contribution in [0.2, 0.25) is 5.02 Å². The lowest BCUT2D eigenvalue weighted by Crippen LogP contribution is -2.17. The van der Waals surface area contributed by atoms with Gasteiger partial charge in [-0.1, -0.05) is 11.6 Å². The van der Waals surface area contributed by atoms with Gasteiger partial charge in [0.1, 0.15) is 5.82 Å². The number of anilines is 1. The van der Waals surface area contributed by atoms with Crippen LogP contribution >= 0.6 is 27.5 Å². The van der Waals surface area contributed by atoms with E-state index in [2.05, 4.69) is 26.2 Å². The second kappa shape index (κ2) is 4.38. The molecule has 1 aromatic heterocycles. The lowest BCUT2D eigenvalue weighted by molar-refractivity contribution is -0.118. The van der Waals surface area contributed by atoms with Crippen LogP contribution in [0, 0.1) is 11.3 Å². The average molecular weight is 388 g/mol. The minimum absolute atomic E-state index is 0.172. The summed E-state index contributed by atoms with van der Waals surface area (Å²) in [4.78, 5) is 16.2. The topological polar surface area (TPSA) is 42.0 Å². The molecule has 2 aliphatic rings. The number of fused-ring (bicyclic) bond motifs is 1. The molecule has 0 aliphatic heterocycles. The molecule has 2 atom stereocenters. The van der Waals surface area contributed by atoms with E-state index in [1.165, 1.54) is 0 Å². The van der Waals surface area contributed by atoms with Crippen molar-refractivity contribution >= 4 is 50.0 Å². The molecule has 1 N–H and O–H groups in total. The number of carbonyl (C=O) groups excluding carboxylic acids is 1. The van der Waals surface area contributed by atoms with Crippen molar-refractivity contribution in [2.75, 3.05) is 5.32 Å². The van der Waals surface area contributed by atoms with Gasteiger partial charge >= 0.3 is 0 Å². The lowest BCUT2D eigenvalue weighted by Gasteiger charge is -2.06. The van der Waals surface area contributed by atoms with Crippen LogP contribution in [0.25, 0.3) is 10.8 Å². The second-order valence-electron chi connectivity index (χ2n) is 5.97. The number of nitrogens with one attached hydrogen (secondary N) is 1. The Morgan fingerprint density at radius 1 is 1.36 bits per heavy atom. The summed E-state index contributed by atoms with van der Waals surface area (Å²) >= 11 is 9.35. The summed E-state index contributed by atoms with van der Waals surface area (Å²) in [5.74, 6) is -3.29. The van der Waals surface area contributed by atoms with E-state index in [1.54, 1.807) is 18.3 Å². The zero-order chi connectivity index (χ0) is 15.7. The second-order valence-corrected chi connectivity index (χ2v) is 7.23. The van der Waals surface area contributed by atoms with Gasteiger partial charge in [-0.3, -0.25) is 4.79 Å². The highest BCUT2D eigenvalue weighted by atomic mass is 79.9. The summed E-state index contributed by atoms with van der Waals surface area (Å²) < 4.78 is 27.1. The van der Waals surface area contributed by atoms with Gasteiger partial charge in [0.25, 0.3) is 5.92 Å². The van der Waals surface area contributed by atoms with Crippen LogP contribution in [0.3, 0.4) is 0 Å². The first-order valence-corrected chi connectivity index (χ1v) is 7.93. The molecule has 2 aromatic rings. The predicted octanol–water partition coefficient (Wildman–Crippen LogP) is 4.63. The van der Waals surface area contributed by atoms with Gasteiger partial charge in [0.05, 0.1) is 16.4 Å². The Labute approximate surface area is 138 Å². The monoisotopic (exact) mass is 386 g/mol. The fourth-order valence-electron chi connectivity index (χ4n) is 3.02. The van der Waals surface area contributed by atoms with Crippen molar-refractivity contribution in [1.82, 2.24) is 4.98 Å². The molecule has 0 unspecified atom stereocenters. The van der Waals surface area contributed by atoms with E-state index in [9.17, 15) is 13.6 Å². The Morgan fingerprint density at radius 2 is 2.09 bits per heavy atom. The van der Waals surface area contributed by atoms with Crippen molar-refractivity contribution in [3.63, 3.8) is 0 Å². The molecule has 1 spiro atoms. The van der Waals surface area contributed by atoms with Crippen LogP contribution in [0.4, 0.5) is 14.6 Å². The Balaban J connectivity index is 1.55. The van der Waals surface area contributed by atoms with Gasteiger partial charge in [-0.15, -0.1) is 0 Å². The number of rotatable bonds is 2. The molecule has 7 heteroatoms. The largest absolute Gasteiger partial charge is 0.310 e. The van der Waals surface area contributed by atoms with Gasteiger partial charge < -0.3 is 5.32 Å². The number of aromatic nitrogens is 1. The average Bonchev–Trinajstić information content (AvgIpc) is 3.28. The van der Waals surface area contributed by atoms with Crippen molar-refractivity contribution in [1.29, 1.82) is 0 Å². The summed E-state index contributed by atoms with van der Waals surface area (Å²) in [5, 5.41) is 4.89. The molecule has 0 bridgehead atoms. The quantitative estimate of drug-likeness (QED) is 0.816. The van der Waals surface area contributed by atoms with E-state index in [0.717, 1.165) is 15.2 Å². The Morgan fingerprint density at radius 3 is 2.73 bits per heavy atom. The SMILES string of the molecule is O=C(Nc1cc2cc(Br)c(Cl)cc2cn1)[C@H]1C[C@@]12CC2(F)F. The molecular weight excluding hydrogens is 378 g/mol. The fourth-order valence-corrected chi connectivity index (χ4v) is 3.55. The summed E-state index contributed by atoms with van der Waals surface area (Å²) in [6, 6.07) is 5.29. The maximum atomic E-state index is 13.2. The van der Waals surface area contributed by atoms with E-state index >= 15 is 0 Å². The first-order chi connectivity index (χ1) is 10.3. The van der Waals surface area contributed by atoms with Gasteiger partial charge in [-0.25, -0.2) is 13.8 Å². The first-order valence-electron chi connectivity index (χ1n) is 6.76. The van der Waals surface area contributed by atoms with E-state index in [4.69, 9.17) is 11.6 Å². The summed E-state index contributed by atoms with van der Waals surface area (Å²) in [6.45, 7) is 0. The Hall–Kier alpha value is -1.27. The minimum atomic E-state index is -2.67. The minimum Gasteiger partial charge on any atom is -0.310 e. The molecule has 0 radical (unpaired) electrons. The molecule has 1 aromatic carbocycles. The van der Waals surface area contributed by atoms with Gasteiger partial charge in [0.15, 0.2) is 0 Å². The number of halogens is 4. The summed E-state index contributed by atoms with van der Waals surface area (Å²) in [5.41, 5.74) is -1.06. The van der Waals surface area contributed by atoms with Crippen molar-refractivity contribution < 1.29 is 13.6 Å². The fraction of sp³-hybridized carbons (Fsp3) is 0.333. The highest BCUT2D eigenvalue weighted by Gasteiger charge is 2.85. The Kier molecular flexibility index (Phi) is 2.86. The van der Waals surface area contributed by atoms with Crippen LogP contribution < -0.4 is 5.32 Å². The van der Waals surface area contributed by atoms with Crippen LogP contribution in [0.15, 0.2) is 28.9 Å². The van der Waals surface area contributed by atoms with Gasteiger partial charge in [-0.05, 0) is 45.9 Å². The Bertz CT molecular complexity index is 829. The zero-order valence-electron chi connectivity index (χ0n) is 11.2. The van der Waals surface area contributed by atoms with Crippen molar-refractivity contribution in [3.8, 4) is 0 Å². The molecule has 1 amide bonds. The molecule has 114 valence electrons. The van der Waals surface area contributed by atoms with Crippen LogP contribution in [0.1, 0.15) is 12.8 Å². The molecule has 3 nitrogen and oxygen atoms in total. The molecule has 1 heterocycles. The van der Waals surface area contributed by atoms with Crippen molar-refractivity contribution in [3.05, 3.63) is 33.9 Å². The standard InChI is InChI=1S/C15H10BrClF2N2O/c16-10-1-7-3-12(20-5-8(7)2-11(10)17)21-13(22)9-4-14(9)6-15(14,18)19/h1-3,5,9H,4,6H2,(H,20,21,22)/t9-,14-/m1/s1. The zero-order valence-corrected chi connectivity index (χ0v) is 13.5. The number of alkyl halides is 2. The lowest BCUT2D eigenvalue weighted by atomic mass is 10.2. The third kappa shape index (κ3) is 2.04. The smallest absolute Gasteiger partial charge is 0.255 e. The third-order valence-corrected chi connectivity index (χ3v) is 5.74. The number of amides is 1. The normalized spacial score (nSPS) is 27.9. The van der Waals surface area contributed by atoms with E-state index < -0.39 is 17.3 Å². The maximum Gasteiger partial charge on any atom is 0.255 e. The van der Waals surface area contributed by atoms with E-state index in [0.29, 0.717) is 10.8 Å². The maximum absolute atomic E-state index is 13.2. The summed E-state index contributed by atoms with van der Waals surface area (Å²) in [7, 11) is 0. The van der Waals surface area contributed by atoms with Gasteiger partial charge in [-0.2, -0.15) is 0 Å². The van der Waals surface area contributed by atoms with Gasteiger partial charge in [0, 0.05) is 22.5 Å².